The van der Waals surface area contributed by atoms with E-state index in [1.54, 1.807) is 24.3 Å². The van der Waals surface area contributed by atoms with Crippen molar-refractivity contribution in [2.45, 2.75) is 158 Å². The highest BCUT2D eigenvalue weighted by Gasteiger charge is 2.39. The van der Waals surface area contributed by atoms with Crippen molar-refractivity contribution in [3.63, 3.8) is 0 Å². The van der Waals surface area contributed by atoms with Crippen LogP contribution >= 0.6 is 0 Å². The van der Waals surface area contributed by atoms with Crippen molar-refractivity contribution in [2.75, 3.05) is 65.4 Å². The number of anilines is 4. The van der Waals surface area contributed by atoms with E-state index in [-0.39, 0.29) is 39.2 Å². The number of hydrogen-bond acceptors (Lipinski definition) is 14. The molecule has 0 radical (unpaired) electrons. The average Bonchev–Trinajstić information content (AvgIpc) is 4.26. The third kappa shape index (κ3) is 22.4. The third-order valence-electron chi connectivity index (χ3n) is 13.2. The minimum absolute atomic E-state index is 0.0625. The lowest BCUT2D eigenvalue weighted by Gasteiger charge is -2.31. The van der Waals surface area contributed by atoms with Gasteiger partial charge in [0.2, 0.25) is 0 Å². The summed E-state index contributed by atoms with van der Waals surface area (Å²) in [5.74, 6) is 0.826. The Morgan fingerprint density at radius 2 is 0.975 bits per heavy atom. The molecule has 0 amide bonds. The molecule has 0 aliphatic heterocycles. The van der Waals surface area contributed by atoms with Gasteiger partial charge in [-0.3, -0.25) is 40.5 Å². The first-order chi connectivity index (χ1) is 37.6. The fourth-order valence-electron chi connectivity index (χ4n) is 8.72. The van der Waals surface area contributed by atoms with Gasteiger partial charge >= 0.3 is 6.18 Å². The molecule has 0 heterocycles. The van der Waals surface area contributed by atoms with Crippen molar-refractivity contribution in [1.82, 2.24) is 0 Å². The van der Waals surface area contributed by atoms with Crippen LogP contribution in [0, 0.1) is 76.0 Å². The summed E-state index contributed by atoms with van der Waals surface area (Å²) in [6.45, 7) is 24.6. The van der Waals surface area contributed by atoms with Crippen LogP contribution in [0.4, 0.5) is 58.7 Å². The summed E-state index contributed by atoms with van der Waals surface area (Å²) in [5.41, 5.74) is 2.06. The molecule has 0 saturated heterocycles. The number of alkyl halides is 3. The number of nitro benzene ring substituents is 4. The molecular formula is C58H81F3N10O8. The SMILES string of the molecule is CCCCCN(CCCCC)c1ccc(C#N)c([N+](=O)[O-])c1.CCCN(CC1CC1)c1ccc([N+](=O)[O-])c(C)c1.CCCN(CCC)c1ccc([N+](=O)[O-])c(C#N)c1.CCCN(c1ccc([N+](=O)[O-])c(C(F)(F)F)c1)C(C)CC. The summed E-state index contributed by atoms with van der Waals surface area (Å²) in [4.78, 5) is 49.7. The average molecular weight is 1100 g/mol. The van der Waals surface area contributed by atoms with E-state index in [0.717, 1.165) is 151 Å². The van der Waals surface area contributed by atoms with Gasteiger partial charge in [-0.25, -0.2) is 0 Å². The molecule has 1 aliphatic carbocycles. The van der Waals surface area contributed by atoms with Crippen LogP contribution in [0.5, 0.6) is 0 Å². The van der Waals surface area contributed by atoms with Crippen LogP contribution in [0.1, 0.15) is 161 Å². The molecule has 0 N–H and O–H groups in total. The molecule has 1 saturated carbocycles. The maximum absolute atomic E-state index is 13.0. The minimum Gasteiger partial charge on any atom is -0.372 e. The van der Waals surface area contributed by atoms with Gasteiger partial charge in [0, 0.05) is 104 Å². The van der Waals surface area contributed by atoms with Crippen molar-refractivity contribution in [3.8, 4) is 12.1 Å². The Morgan fingerprint density at radius 3 is 1.42 bits per heavy atom. The molecule has 1 fully saturated rings. The monoisotopic (exact) mass is 1100 g/mol. The second-order valence-electron chi connectivity index (χ2n) is 19.6. The van der Waals surface area contributed by atoms with Gasteiger partial charge in [0.15, 0.2) is 0 Å². The highest BCUT2D eigenvalue weighted by atomic mass is 19.4. The maximum atomic E-state index is 13.0. The molecule has 0 aromatic heterocycles. The number of nitriles is 2. The standard InChI is InChI=1S/C17H25N3O2.C14H19F3N2O2.C14H20N2O2.C13H17N3O2/c1-3-5-7-11-19(12-8-6-4-2)16-10-9-15(14-18)17(13-16)20(21)22;1-4-8-18(10(3)5-2)11-6-7-13(19(20)21)12(9-11)14(15,16)17;1-3-8-15(10-12-4-5-12)13-6-7-14(16(17)18)11(2)9-13;1-3-7-15(8-4-2)12-5-6-13(16(17)18)11(9-12)10-14/h9-10,13H,3-8,11-12H2,1-2H3;6-7,9-10H,4-5,8H2,1-3H3;6-7,9,12H,3-5,8,10H2,1-2H3;5-6,9H,3-4,7-8H2,1-2H3. The minimum atomic E-state index is -4.74. The molecule has 79 heavy (non-hydrogen) atoms. The summed E-state index contributed by atoms with van der Waals surface area (Å²) in [6, 6.07) is 22.1. The molecule has 0 bridgehead atoms. The second kappa shape index (κ2) is 35.1. The van der Waals surface area contributed by atoms with Gasteiger partial charge < -0.3 is 19.6 Å². The zero-order valence-corrected chi connectivity index (χ0v) is 47.6. The summed E-state index contributed by atoms with van der Waals surface area (Å²) < 4.78 is 39.0. The molecule has 1 aliphatic rings. The quantitative estimate of drug-likeness (QED) is 0.0292. The lowest BCUT2D eigenvalue weighted by molar-refractivity contribution is -0.388. The number of rotatable bonds is 28. The van der Waals surface area contributed by atoms with Crippen LogP contribution in [0.2, 0.25) is 0 Å². The molecule has 432 valence electrons. The normalized spacial score (nSPS) is 11.9. The fourth-order valence-corrected chi connectivity index (χ4v) is 8.72. The highest BCUT2D eigenvalue weighted by molar-refractivity contribution is 5.62. The van der Waals surface area contributed by atoms with Gasteiger partial charge in [0.1, 0.15) is 28.8 Å². The molecule has 4 aromatic rings. The Balaban J connectivity index is 0.000000361. The number of nitro groups is 4. The van der Waals surface area contributed by atoms with Crippen LogP contribution < -0.4 is 19.6 Å². The zero-order valence-electron chi connectivity index (χ0n) is 47.6. The Morgan fingerprint density at radius 1 is 0.532 bits per heavy atom. The van der Waals surface area contributed by atoms with Crippen molar-refractivity contribution in [3.05, 3.63) is 136 Å². The number of benzene rings is 4. The lowest BCUT2D eigenvalue weighted by Crippen LogP contribution is -2.33. The topological polar surface area (TPSA) is 233 Å². The predicted molar refractivity (Wildman–Crippen MR) is 308 cm³/mol. The summed E-state index contributed by atoms with van der Waals surface area (Å²) in [6.07, 6.45) is 9.33. The largest absolute Gasteiger partial charge is 0.423 e. The fraction of sp³-hybridized carbons (Fsp3) is 0.552. The number of aryl methyl sites for hydroxylation is 1. The lowest BCUT2D eigenvalue weighted by atomic mass is 10.1. The van der Waals surface area contributed by atoms with E-state index in [9.17, 15) is 53.6 Å². The highest BCUT2D eigenvalue weighted by Crippen LogP contribution is 2.39. The number of nitrogens with zero attached hydrogens (tertiary/aromatic N) is 10. The molecule has 1 atom stereocenters. The first-order valence-corrected chi connectivity index (χ1v) is 27.6. The van der Waals surface area contributed by atoms with Crippen LogP contribution in [0.15, 0.2) is 72.8 Å². The summed E-state index contributed by atoms with van der Waals surface area (Å²) >= 11 is 0. The summed E-state index contributed by atoms with van der Waals surface area (Å²) in [7, 11) is 0. The predicted octanol–water partition coefficient (Wildman–Crippen LogP) is 15.9. The van der Waals surface area contributed by atoms with Crippen LogP contribution in [0.25, 0.3) is 0 Å². The first kappa shape index (κ1) is 67.6. The van der Waals surface area contributed by atoms with Gasteiger partial charge in [0.05, 0.1) is 19.7 Å². The van der Waals surface area contributed by atoms with E-state index in [0.29, 0.717) is 12.2 Å². The Kier molecular flexibility index (Phi) is 30.0. The maximum Gasteiger partial charge on any atom is 0.423 e. The van der Waals surface area contributed by atoms with Crippen molar-refractivity contribution in [2.24, 2.45) is 5.92 Å². The van der Waals surface area contributed by atoms with Crippen molar-refractivity contribution >= 4 is 45.5 Å². The summed E-state index contributed by atoms with van der Waals surface area (Å²) in [5, 5.41) is 61.4. The second-order valence-corrected chi connectivity index (χ2v) is 19.6. The zero-order chi connectivity index (χ0) is 59.2. The van der Waals surface area contributed by atoms with Crippen LogP contribution in [0.3, 0.4) is 0 Å². The van der Waals surface area contributed by atoms with E-state index in [4.69, 9.17) is 10.5 Å². The van der Waals surface area contributed by atoms with Gasteiger partial charge in [-0.15, -0.1) is 0 Å². The number of hydrogen-bond donors (Lipinski definition) is 0. The van der Waals surface area contributed by atoms with Gasteiger partial charge in [-0.2, -0.15) is 23.7 Å². The molecule has 21 heteroatoms. The van der Waals surface area contributed by atoms with E-state index in [1.165, 1.54) is 31.0 Å². The molecule has 4 aromatic carbocycles. The Hall–Kier alpha value is -7.55. The molecule has 0 spiro atoms. The van der Waals surface area contributed by atoms with E-state index in [2.05, 4.69) is 49.3 Å². The van der Waals surface area contributed by atoms with E-state index < -0.39 is 32.2 Å². The third-order valence-corrected chi connectivity index (χ3v) is 13.2. The van der Waals surface area contributed by atoms with Crippen LogP contribution in [-0.2, 0) is 6.18 Å². The first-order valence-electron chi connectivity index (χ1n) is 27.6. The van der Waals surface area contributed by atoms with Crippen molar-refractivity contribution < 1.29 is 32.9 Å². The van der Waals surface area contributed by atoms with E-state index >= 15 is 0 Å². The van der Waals surface area contributed by atoms with Gasteiger partial charge in [-0.05, 0) is 126 Å². The molecule has 5 rings (SSSR count). The van der Waals surface area contributed by atoms with Gasteiger partial charge in [0.25, 0.3) is 22.7 Å². The smallest absolute Gasteiger partial charge is 0.372 e. The van der Waals surface area contributed by atoms with Gasteiger partial charge in [-0.1, -0.05) is 74.1 Å². The van der Waals surface area contributed by atoms with E-state index in [1.807, 2.05) is 62.9 Å². The molecular weight excluding hydrogens is 1020 g/mol. The molecule has 1 unspecified atom stereocenters. The van der Waals surface area contributed by atoms with Crippen LogP contribution in [-0.4, -0.2) is 71.5 Å². The number of unbranched alkanes of at least 4 members (excludes halogenated alkanes) is 4. The molecule has 18 nitrogen and oxygen atoms in total. The number of halogens is 3. The Bertz CT molecular complexity index is 2640. The Labute approximate surface area is 464 Å². The van der Waals surface area contributed by atoms with Crippen molar-refractivity contribution in [1.29, 1.82) is 10.5 Å².